The van der Waals surface area contributed by atoms with Gasteiger partial charge < -0.3 is 14.4 Å². The largest absolute Gasteiger partial charge is 0.367 e. The second-order valence-electron chi connectivity index (χ2n) is 6.17. The third kappa shape index (κ3) is 2.86. The number of aromatic nitrogens is 3. The molecular formula is C19H18N6O. The zero-order valence-corrected chi connectivity index (χ0v) is 14.2. The maximum atomic E-state index is 11.9. The number of benzene rings is 1. The number of rotatable bonds is 3. The summed E-state index contributed by atoms with van der Waals surface area (Å²) in [5.74, 6) is 0.749. The van der Waals surface area contributed by atoms with Crippen LogP contribution in [0.4, 0.5) is 5.69 Å². The number of carbonyl (C=O) groups is 1. The minimum Gasteiger partial charge on any atom is -0.367 e. The number of fused-ring (bicyclic) bond motifs is 1. The van der Waals surface area contributed by atoms with Crippen molar-refractivity contribution in [3.63, 3.8) is 0 Å². The molecule has 4 rings (SSSR count). The van der Waals surface area contributed by atoms with Gasteiger partial charge in [-0.1, -0.05) is 6.07 Å². The van der Waals surface area contributed by atoms with Gasteiger partial charge >= 0.3 is 0 Å². The molecule has 1 amide bonds. The van der Waals surface area contributed by atoms with Crippen molar-refractivity contribution in [1.29, 1.82) is 5.26 Å². The smallest absolute Gasteiger partial charge is 0.236 e. The highest BCUT2D eigenvalue weighted by Gasteiger charge is 2.22. The highest BCUT2D eigenvalue weighted by molar-refractivity contribution is 5.94. The van der Waals surface area contributed by atoms with E-state index in [4.69, 9.17) is 5.26 Å². The lowest BCUT2D eigenvalue weighted by atomic mass is 10.1. The van der Waals surface area contributed by atoms with E-state index in [0.717, 1.165) is 35.5 Å². The van der Waals surface area contributed by atoms with Crippen LogP contribution in [0, 0.1) is 11.3 Å². The fourth-order valence-corrected chi connectivity index (χ4v) is 3.43. The van der Waals surface area contributed by atoms with Crippen LogP contribution in [-0.4, -0.2) is 51.5 Å². The number of piperazine rings is 1. The zero-order chi connectivity index (χ0) is 17.9. The van der Waals surface area contributed by atoms with Crippen LogP contribution in [0.15, 0.2) is 49.1 Å². The van der Waals surface area contributed by atoms with Gasteiger partial charge in [0, 0.05) is 49.6 Å². The molecule has 7 nitrogen and oxygen atoms in total. The van der Waals surface area contributed by atoms with Crippen LogP contribution in [0.25, 0.3) is 16.7 Å². The number of nitrogens with zero attached hydrogens (tertiary/aromatic N) is 6. The van der Waals surface area contributed by atoms with Gasteiger partial charge in [-0.25, -0.2) is 9.97 Å². The van der Waals surface area contributed by atoms with Crippen LogP contribution in [-0.2, 0) is 4.79 Å². The summed E-state index contributed by atoms with van der Waals surface area (Å²) in [6, 6.07) is 12.1. The molecule has 1 saturated heterocycles. The summed E-state index contributed by atoms with van der Waals surface area (Å²) < 4.78 is 2.05. The first-order valence-electron chi connectivity index (χ1n) is 8.54. The lowest BCUT2D eigenvalue weighted by Crippen LogP contribution is -2.48. The highest BCUT2D eigenvalue weighted by Crippen LogP contribution is 2.30. The Morgan fingerprint density at radius 2 is 2.00 bits per heavy atom. The van der Waals surface area contributed by atoms with Crippen molar-refractivity contribution < 1.29 is 4.79 Å². The van der Waals surface area contributed by atoms with Gasteiger partial charge in [-0.3, -0.25) is 4.79 Å². The molecule has 0 radical (unpaired) electrons. The molecule has 26 heavy (non-hydrogen) atoms. The average Bonchev–Trinajstić information content (AvgIpc) is 3.13. The Labute approximate surface area is 151 Å². The number of carbonyl (C=O) groups excluding carboxylic acids is 1. The van der Waals surface area contributed by atoms with Crippen LogP contribution in [0.1, 0.15) is 6.42 Å². The monoisotopic (exact) mass is 346 g/mol. The molecule has 1 fully saturated rings. The van der Waals surface area contributed by atoms with Gasteiger partial charge in [0.1, 0.15) is 18.6 Å². The van der Waals surface area contributed by atoms with E-state index in [1.165, 1.54) is 0 Å². The summed E-state index contributed by atoms with van der Waals surface area (Å²) in [7, 11) is 0. The van der Waals surface area contributed by atoms with Crippen LogP contribution in [0.3, 0.4) is 0 Å². The summed E-state index contributed by atoms with van der Waals surface area (Å²) in [6.07, 6.45) is 5.25. The van der Waals surface area contributed by atoms with Crippen molar-refractivity contribution in [1.82, 2.24) is 19.4 Å². The van der Waals surface area contributed by atoms with Crippen LogP contribution in [0.5, 0.6) is 0 Å². The Morgan fingerprint density at radius 1 is 1.15 bits per heavy atom. The predicted octanol–water partition coefficient (Wildman–Crippen LogP) is 1.98. The molecule has 0 atom stereocenters. The molecule has 2 aromatic heterocycles. The summed E-state index contributed by atoms with van der Waals surface area (Å²) in [4.78, 5) is 24.3. The molecule has 130 valence electrons. The third-order valence-electron chi connectivity index (χ3n) is 4.73. The molecule has 1 aliphatic rings. The lowest BCUT2D eigenvalue weighted by molar-refractivity contribution is -0.130. The van der Waals surface area contributed by atoms with E-state index in [1.54, 1.807) is 17.4 Å². The van der Waals surface area contributed by atoms with Gasteiger partial charge in [0.2, 0.25) is 5.91 Å². The van der Waals surface area contributed by atoms with E-state index in [2.05, 4.69) is 33.1 Å². The maximum Gasteiger partial charge on any atom is 0.236 e. The molecular weight excluding hydrogens is 328 g/mol. The maximum absolute atomic E-state index is 11.9. The zero-order valence-electron chi connectivity index (χ0n) is 14.2. The van der Waals surface area contributed by atoms with Crippen molar-refractivity contribution in [2.75, 3.05) is 31.1 Å². The number of hydrogen-bond acceptors (Lipinski definition) is 5. The molecule has 0 bridgehead atoms. The Balaban J connectivity index is 1.60. The predicted molar refractivity (Wildman–Crippen MR) is 97.9 cm³/mol. The topological polar surface area (TPSA) is 78.0 Å². The standard InChI is InChI=1S/C19H18N6O/c20-7-4-19(26)24-12-10-23(11-13-24)16-2-1-3-17-15(16)6-9-25(17)18-5-8-21-14-22-18/h1-3,5-6,8-9,14H,4,10-13H2. The summed E-state index contributed by atoms with van der Waals surface area (Å²) in [5, 5.41) is 9.85. The van der Waals surface area contributed by atoms with Crippen LogP contribution in [0.2, 0.25) is 0 Å². The fraction of sp³-hybridized carbons (Fsp3) is 0.263. The molecule has 0 saturated carbocycles. The van der Waals surface area contributed by atoms with Gasteiger partial charge in [0.25, 0.3) is 0 Å². The van der Waals surface area contributed by atoms with Crippen LogP contribution < -0.4 is 4.90 Å². The third-order valence-corrected chi connectivity index (χ3v) is 4.73. The Bertz CT molecular complexity index is 967. The number of anilines is 1. The number of amides is 1. The first-order chi connectivity index (χ1) is 12.8. The summed E-state index contributed by atoms with van der Waals surface area (Å²) in [5.41, 5.74) is 2.24. The number of nitriles is 1. The molecule has 1 aliphatic heterocycles. The molecule has 0 N–H and O–H groups in total. The van der Waals surface area contributed by atoms with E-state index in [1.807, 2.05) is 29.0 Å². The molecule has 0 unspecified atom stereocenters. The first-order valence-corrected chi connectivity index (χ1v) is 8.54. The van der Waals surface area contributed by atoms with Gasteiger partial charge in [-0.2, -0.15) is 5.26 Å². The Kier molecular flexibility index (Phi) is 4.23. The molecule has 1 aromatic carbocycles. The van der Waals surface area contributed by atoms with E-state index in [-0.39, 0.29) is 12.3 Å². The van der Waals surface area contributed by atoms with Crippen molar-refractivity contribution in [2.24, 2.45) is 0 Å². The fourth-order valence-electron chi connectivity index (χ4n) is 3.43. The van der Waals surface area contributed by atoms with E-state index in [9.17, 15) is 4.79 Å². The van der Waals surface area contributed by atoms with Gasteiger partial charge in [0.05, 0.1) is 11.6 Å². The van der Waals surface area contributed by atoms with Crippen molar-refractivity contribution in [2.45, 2.75) is 6.42 Å². The second-order valence-corrected chi connectivity index (χ2v) is 6.17. The minimum absolute atomic E-state index is 0.0443. The van der Waals surface area contributed by atoms with Gasteiger partial charge in [0.15, 0.2) is 0 Å². The SMILES string of the molecule is N#CCC(=O)N1CCN(c2cccc3c2ccn3-c2ccncn2)CC1. The lowest BCUT2D eigenvalue weighted by Gasteiger charge is -2.36. The molecule has 0 aliphatic carbocycles. The molecule has 7 heteroatoms. The summed E-state index contributed by atoms with van der Waals surface area (Å²) >= 11 is 0. The summed E-state index contributed by atoms with van der Waals surface area (Å²) in [6.45, 7) is 2.80. The van der Waals surface area contributed by atoms with E-state index in [0.29, 0.717) is 13.1 Å². The van der Waals surface area contributed by atoms with E-state index < -0.39 is 0 Å². The van der Waals surface area contributed by atoms with E-state index >= 15 is 0 Å². The first kappa shape index (κ1) is 16.1. The van der Waals surface area contributed by atoms with Crippen molar-refractivity contribution >= 4 is 22.5 Å². The van der Waals surface area contributed by atoms with Gasteiger partial charge in [-0.15, -0.1) is 0 Å². The average molecular weight is 346 g/mol. The molecule has 3 aromatic rings. The number of hydrogen-bond donors (Lipinski definition) is 0. The van der Waals surface area contributed by atoms with Crippen molar-refractivity contribution in [3.05, 3.63) is 49.1 Å². The quantitative estimate of drug-likeness (QED) is 0.725. The minimum atomic E-state index is -0.0831. The van der Waals surface area contributed by atoms with Crippen LogP contribution >= 0.6 is 0 Å². The molecule has 3 heterocycles. The van der Waals surface area contributed by atoms with Crippen molar-refractivity contribution in [3.8, 4) is 11.9 Å². The molecule has 0 spiro atoms. The highest BCUT2D eigenvalue weighted by atomic mass is 16.2. The van der Waals surface area contributed by atoms with Gasteiger partial charge in [-0.05, 0) is 24.3 Å². The normalized spacial score (nSPS) is 14.4. The Hall–Kier alpha value is -3.40. The second kappa shape index (κ2) is 6.84. The Morgan fingerprint density at radius 3 is 2.73 bits per heavy atom.